The van der Waals surface area contributed by atoms with Gasteiger partial charge in [-0.3, -0.25) is 4.79 Å². The summed E-state index contributed by atoms with van der Waals surface area (Å²) < 4.78 is 5.98. The number of carbonyl (C=O) groups excluding carboxylic acids is 1. The molecule has 1 aliphatic rings. The Bertz CT molecular complexity index is 690. The van der Waals surface area contributed by atoms with Gasteiger partial charge in [0.05, 0.1) is 12.5 Å². The number of esters is 1. The van der Waals surface area contributed by atoms with Crippen LogP contribution in [0.5, 0.6) is 0 Å². The smallest absolute Gasteiger partial charge is 0.310 e. The molecule has 1 atom stereocenters. The van der Waals surface area contributed by atoms with Crippen LogP contribution >= 0.6 is 0 Å². The molecule has 0 aromatic heterocycles. The number of rotatable bonds is 41. The SMILES string of the molecule is CCCCCC(CCCCC)CCCCCCCCCCC(CCCCCCCCCCC(CCCCC)CCCCC)COC(=O)C1CCN(C)C1. The third kappa shape index (κ3) is 31.2. The van der Waals surface area contributed by atoms with Crippen molar-refractivity contribution in [1.29, 1.82) is 0 Å². The molecule has 0 aromatic carbocycles. The number of unbranched alkanes of at least 4 members (excludes halogenated alkanes) is 22. The van der Waals surface area contributed by atoms with Crippen LogP contribution in [-0.4, -0.2) is 37.6 Å². The first-order valence-corrected chi connectivity index (χ1v) is 24.9. The van der Waals surface area contributed by atoms with Gasteiger partial charge in [-0.1, -0.05) is 246 Å². The van der Waals surface area contributed by atoms with E-state index in [4.69, 9.17) is 4.74 Å². The summed E-state index contributed by atoms with van der Waals surface area (Å²) in [5, 5.41) is 0. The Morgan fingerprint density at radius 3 is 1.02 bits per heavy atom. The molecule has 316 valence electrons. The minimum Gasteiger partial charge on any atom is -0.465 e. The number of ether oxygens (including phenoxy) is 1. The molecule has 3 heteroatoms. The van der Waals surface area contributed by atoms with E-state index in [0.717, 1.165) is 31.3 Å². The maximum Gasteiger partial charge on any atom is 0.310 e. The summed E-state index contributed by atoms with van der Waals surface area (Å²) in [7, 11) is 2.12. The van der Waals surface area contributed by atoms with Crippen LogP contribution in [0, 0.1) is 23.7 Å². The predicted molar refractivity (Wildman–Crippen MR) is 236 cm³/mol. The number of nitrogens with zero attached hydrogens (tertiary/aromatic N) is 1. The first-order valence-electron chi connectivity index (χ1n) is 24.9. The fourth-order valence-corrected chi connectivity index (χ4v) is 9.21. The number of likely N-dealkylation sites (tertiary alicyclic amines) is 1. The summed E-state index contributed by atoms with van der Waals surface area (Å²) in [6.07, 6.45) is 51.7. The molecule has 0 N–H and O–H groups in total. The average Bonchev–Trinajstić information content (AvgIpc) is 3.60. The zero-order valence-electron chi connectivity index (χ0n) is 37.4. The van der Waals surface area contributed by atoms with Gasteiger partial charge in [0.2, 0.25) is 0 Å². The first-order chi connectivity index (χ1) is 26.0. The number of carbonyl (C=O) groups is 1. The fourth-order valence-electron chi connectivity index (χ4n) is 9.21. The van der Waals surface area contributed by atoms with E-state index in [-0.39, 0.29) is 11.9 Å². The van der Waals surface area contributed by atoms with E-state index < -0.39 is 0 Å². The Hall–Kier alpha value is -0.570. The van der Waals surface area contributed by atoms with Crippen molar-refractivity contribution in [2.45, 2.75) is 265 Å². The zero-order valence-corrected chi connectivity index (χ0v) is 37.4. The molecule has 0 aromatic rings. The van der Waals surface area contributed by atoms with Crippen LogP contribution in [0.3, 0.4) is 0 Å². The first kappa shape index (κ1) is 50.4. The second-order valence-electron chi connectivity index (χ2n) is 18.3. The molecule has 0 aliphatic carbocycles. The Kier molecular flexibility index (Phi) is 36.5. The van der Waals surface area contributed by atoms with E-state index in [0.29, 0.717) is 12.5 Å². The minimum absolute atomic E-state index is 0.0702. The lowest BCUT2D eigenvalue weighted by Gasteiger charge is -2.19. The highest BCUT2D eigenvalue weighted by Crippen LogP contribution is 2.26. The second kappa shape index (κ2) is 38.3. The Labute approximate surface area is 335 Å². The summed E-state index contributed by atoms with van der Waals surface area (Å²) >= 11 is 0. The molecular formula is C50H99NO2. The standard InChI is InChI=1S/C50H99NO2/c1-6-10-26-34-46(35-27-11-7-2)38-30-22-18-14-16-20-24-32-40-48(45-53-50(52)49-42-43-51(5)44-49)41-33-25-21-17-15-19-23-31-39-47(36-28-12-8-3)37-29-13-9-4/h46-49H,6-45H2,1-5H3. The molecule has 0 saturated carbocycles. The highest BCUT2D eigenvalue weighted by Gasteiger charge is 2.28. The Balaban J connectivity index is 2.23. The van der Waals surface area contributed by atoms with Crippen molar-refractivity contribution in [3.05, 3.63) is 0 Å². The van der Waals surface area contributed by atoms with Gasteiger partial charge in [-0.05, 0) is 50.6 Å². The van der Waals surface area contributed by atoms with E-state index in [1.54, 1.807) is 0 Å². The lowest BCUT2D eigenvalue weighted by molar-refractivity contribution is -0.149. The van der Waals surface area contributed by atoms with Gasteiger partial charge in [0, 0.05) is 6.54 Å². The fraction of sp³-hybridized carbons (Fsp3) is 0.980. The Morgan fingerprint density at radius 2 is 0.736 bits per heavy atom. The van der Waals surface area contributed by atoms with Crippen molar-refractivity contribution in [1.82, 2.24) is 4.90 Å². The molecule has 1 saturated heterocycles. The van der Waals surface area contributed by atoms with Crippen molar-refractivity contribution in [2.24, 2.45) is 23.7 Å². The summed E-state index contributed by atoms with van der Waals surface area (Å²) in [5.41, 5.74) is 0. The second-order valence-corrected chi connectivity index (χ2v) is 18.3. The van der Waals surface area contributed by atoms with Gasteiger partial charge >= 0.3 is 5.97 Å². The van der Waals surface area contributed by atoms with E-state index in [1.807, 2.05) is 0 Å². The van der Waals surface area contributed by atoms with Gasteiger partial charge in [0.15, 0.2) is 0 Å². The summed E-state index contributed by atoms with van der Waals surface area (Å²) in [5.74, 6) is 2.72. The molecule has 1 fully saturated rings. The maximum absolute atomic E-state index is 12.8. The van der Waals surface area contributed by atoms with Crippen LogP contribution in [0.2, 0.25) is 0 Å². The molecule has 0 amide bonds. The van der Waals surface area contributed by atoms with Gasteiger partial charge in [-0.2, -0.15) is 0 Å². The van der Waals surface area contributed by atoms with Gasteiger partial charge in [-0.25, -0.2) is 0 Å². The molecule has 1 rings (SSSR count). The molecule has 53 heavy (non-hydrogen) atoms. The van der Waals surface area contributed by atoms with E-state index >= 15 is 0 Å². The Morgan fingerprint density at radius 1 is 0.453 bits per heavy atom. The highest BCUT2D eigenvalue weighted by molar-refractivity contribution is 5.73. The maximum atomic E-state index is 12.8. The summed E-state index contributed by atoms with van der Waals surface area (Å²) in [4.78, 5) is 15.1. The van der Waals surface area contributed by atoms with E-state index in [1.165, 1.54) is 231 Å². The third-order valence-electron chi connectivity index (χ3n) is 13.0. The van der Waals surface area contributed by atoms with Gasteiger partial charge < -0.3 is 9.64 Å². The number of hydrogen-bond donors (Lipinski definition) is 0. The lowest BCUT2D eigenvalue weighted by atomic mass is 9.90. The van der Waals surface area contributed by atoms with Crippen LogP contribution < -0.4 is 0 Å². The van der Waals surface area contributed by atoms with Crippen molar-refractivity contribution < 1.29 is 9.53 Å². The van der Waals surface area contributed by atoms with Crippen LogP contribution in [0.4, 0.5) is 0 Å². The molecule has 0 radical (unpaired) electrons. The normalized spacial score (nSPS) is 15.1. The van der Waals surface area contributed by atoms with Crippen LogP contribution in [0.1, 0.15) is 265 Å². The van der Waals surface area contributed by atoms with Crippen molar-refractivity contribution >= 4 is 5.97 Å². The summed E-state index contributed by atoms with van der Waals surface area (Å²) in [6.45, 7) is 11.9. The average molecular weight is 746 g/mol. The highest BCUT2D eigenvalue weighted by atomic mass is 16.5. The van der Waals surface area contributed by atoms with Gasteiger partial charge in [0.25, 0.3) is 0 Å². The molecule has 3 nitrogen and oxygen atoms in total. The van der Waals surface area contributed by atoms with Gasteiger partial charge in [-0.15, -0.1) is 0 Å². The molecule has 1 unspecified atom stereocenters. The van der Waals surface area contributed by atoms with E-state index in [9.17, 15) is 4.79 Å². The number of hydrogen-bond acceptors (Lipinski definition) is 3. The molecule has 1 heterocycles. The van der Waals surface area contributed by atoms with Crippen LogP contribution in [-0.2, 0) is 9.53 Å². The van der Waals surface area contributed by atoms with Crippen LogP contribution in [0.15, 0.2) is 0 Å². The monoisotopic (exact) mass is 746 g/mol. The quantitative estimate of drug-likeness (QED) is 0.0461. The molecule has 1 aliphatic heterocycles. The topological polar surface area (TPSA) is 29.5 Å². The molecule has 0 spiro atoms. The summed E-state index contributed by atoms with van der Waals surface area (Å²) in [6, 6.07) is 0. The third-order valence-corrected chi connectivity index (χ3v) is 13.0. The molecular weight excluding hydrogens is 647 g/mol. The minimum atomic E-state index is 0.0702. The molecule has 0 bridgehead atoms. The van der Waals surface area contributed by atoms with E-state index in [2.05, 4.69) is 39.6 Å². The largest absolute Gasteiger partial charge is 0.465 e. The van der Waals surface area contributed by atoms with Crippen molar-refractivity contribution in [3.8, 4) is 0 Å². The zero-order chi connectivity index (χ0) is 38.5. The lowest BCUT2D eigenvalue weighted by Crippen LogP contribution is -2.24. The van der Waals surface area contributed by atoms with Crippen molar-refractivity contribution in [2.75, 3.05) is 26.7 Å². The van der Waals surface area contributed by atoms with Crippen LogP contribution in [0.25, 0.3) is 0 Å². The van der Waals surface area contributed by atoms with Crippen molar-refractivity contribution in [3.63, 3.8) is 0 Å². The predicted octanol–water partition coefficient (Wildman–Crippen LogP) is 16.5. The van der Waals surface area contributed by atoms with Gasteiger partial charge in [0.1, 0.15) is 0 Å².